The van der Waals surface area contributed by atoms with Crippen LogP contribution in [-0.2, 0) is 6.42 Å². The quantitative estimate of drug-likeness (QED) is 0.418. The first-order valence-electron chi connectivity index (χ1n) is 10.5. The number of amides is 2. The average molecular weight is 489 g/mol. The predicted molar refractivity (Wildman–Crippen MR) is 121 cm³/mol. The van der Waals surface area contributed by atoms with Crippen molar-refractivity contribution in [3.05, 3.63) is 64.1 Å². The molecule has 1 saturated carbocycles. The molecule has 31 heavy (non-hydrogen) atoms. The molecule has 6 nitrogen and oxygen atoms in total. The fourth-order valence-electron chi connectivity index (χ4n) is 4.03. The van der Waals surface area contributed by atoms with Crippen molar-refractivity contribution in [2.75, 3.05) is 0 Å². The number of carbonyl (C=O) groups excluding carboxylic acids is 1. The number of fused-ring (bicyclic) bond motifs is 1. The van der Waals surface area contributed by atoms with Crippen molar-refractivity contribution in [3.63, 3.8) is 0 Å². The van der Waals surface area contributed by atoms with Crippen LogP contribution >= 0.6 is 15.9 Å². The molecule has 1 unspecified atom stereocenters. The van der Waals surface area contributed by atoms with E-state index >= 15 is 0 Å². The zero-order chi connectivity index (χ0) is 22.0. The fraction of sp³-hybridized carbons (Fsp3) is 0.391. The van der Waals surface area contributed by atoms with E-state index in [0.29, 0.717) is 29.6 Å². The summed E-state index contributed by atoms with van der Waals surface area (Å²) in [5.74, 6) is 0.269. The molecular formula is C23H26BrFN4O2. The van der Waals surface area contributed by atoms with E-state index in [1.807, 2.05) is 37.3 Å². The summed E-state index contributed by atoms with van der Waals surface area (Å²) in [6.07, 6.45) is 3.16. The number of hydrogen-bond donors (Lipinski definition) is 4. The molecule has 0 radical (unpaired) electrons. The van der Waals surface area contributed by atoms with E-state index < -0.39 is 11.6 Å². The highest BCUT2D eigenvalue weighted by molar-refractivity contribution is 9.10. The van der Waals surface area contributed by atoms with Crippen molar-refractivity contribution in [2.45, 2.75) is 56.7 Å². The van der Waals surface area contributed by atoms with E-state index in [1.165, 1.54) is 6.07 Å². The molecule has 1 fully saturated rings. The van der Waals surface area contributed by atoms with Gasteiger partial charge in [-0.05, 0) is 78.4 Å². The number of halogens is 2. The first kappa shape index (κ1) is 21.8. The lowest BCUT2D eigenvalue weighted by Gasteiger charge is -2.33. The van der Waals surface area contributed by atoms with Gasteiger partial charge in [-0.3, -0.25) is 0 Å². The smallest absolute Gasteiger partial charge is 0.315 e. The van der Waals surface area contributed by atoms with Crippen LogP contribution < -0.4 is 10.6 Å². The van der Waals surface area contributed by atoms with Crippen LogP contribution in [0.3, 0.4) is 0 Å². The number of carbonyl (C=O) groups is 1. The Kier molecular flexibility index (Phi) is 6.29. The Morgan fingerprint density at radius 3 is 2.77 bits per heavy atom. The number of urea groups is 1. The molecule has 1 aliphatic rings. The van der Waals surface area contributed by atoms with Crippen molar-refractivity contribution in [1.82, 2.24) is 20.6 Å². The lowest BCUT2D eigenvalue weighted by atomic mass is 9.84. The predicted octanol–water partition coefficient (Wildman–Crippen LogP) is 4.74. The van der Waals surface area contributed by atoms with Gasteiger partial charge in [-0.1, -0.05) is 18.2 Å². The lowest BCUT2D eigenvalue weighted by molar-refractivity contribution is 0.0151. The second kappa shape index (κ2) is 8.96. The number of para-hydroxylation sites is 2. The molecule has 1 heterocycles. The molecule has 0 spiro atoms. The van der Waals surface area contributed by atoms with Crippen LogP contribution in [0.2, 0.25) is 0 Å². The van der Waals surface area contributed by atoms with Gasteiger partial charge in [0.2, 0.25) is 0 Å². The number of nitrogens with one attached hydrogen (secondary N) is 3. The van der Waals surface area contributed by atoms with Crippen LogP contribution in [0.4, 0.5) is 9.18 Å². The molecule has 1 aromatic heterocycles. The van der Waals surface area contributed by atoms with Gasteiger partial charge < -0.3 is 20.7 Å². The monoisotopic (exact) mass is 488 g/mol. The molecule has 164 valence electrons. The van der Waals surface area contributed by atoms with E-state index in [9.17, 15) is 14.3 Å². The summed E-state index contributed by atoms with van der Waals surface area (Å²) in [7, 11) is 0. The minimum Gasteiger partial charge on any atom is -0.390 e. The van der Waals surface area contributed by atoms with E-state index in [2.05, 4.69) is 36.5 Å². The molecule has 2 aromatic carbocycles. The van der Waals surface area contributed by atoms with Crippen LogP contribution in [-0.4, -0.2) is 32.7 Å². The number of rotatable bonds is 5. The topological polar surface area (TPSA) is 90.0 Å². The standard InChI is InChI=1S/C23H26BrFN4O2/c1-23(31)10-8-15(9-11-23)26-22(30)29-20(13-14-6-7-16(24)17(25)12-14)21-27-18-4-2-3-5-19(18)28-21/h2-7,12,15,20,31H,8-11,13H2,1H3,(H,27,28)(H2,26,29,30)/t15-,20?,23+. The molecule has 0 saturated heterocycles. The zero-order valence-corrected chi connectivity index (χ0v) is 18.9. The van der Waals surface area contributed by atoms with Gasteiger partial charge in [-0.15, -0.1) is 0 Å². The first-order chi connectivity index (χ1) is 14.8. The first-order valence-corrected chi connectivity index (χ1v) is 11.3. The summed E-state index contributed by atoms with van der Waals surface area (Å²) in [4.78, 5) is 20.7. The molecule has 3 aromatic rings. The normalized spacial score (nSPS) is 22.3. The largest absolute Gasteiger partial charge is 0.390 e. The van der Waals surface area contributed by atoms with E-state index in [4.69, 9.17) is 0 Å². The SMILES string of the molecule is C[C@]1(O)CC[C@@H](NC(=O)NC(Cc2ccc(Br)c(F)c2)c2nc3ccccc3[nH]2)CC1. The van der Waals surface area contributed by atoms with Crippen LogP contribution in [0, 0.1) is 5.82 Å². The number of hydrogen-bond acceptors (Lipinski definition) is 3. The summed E-state index contributed by atoms with van der Waals surface area (Å²) >= 11 is 3.18. The highest BCUT2D eigenvalue weighted by Crippen LogP contribution is 2.28. The van der Waals surface area contributed by atoms with Crippen molar-refractivity contribution in [3.8, 4) is 0 Å². The van der Waals surface area contributed by atoms with Gasteiger partial charge in [0.05, 0.1) is 27.1 Å². The van der Waals surface area contributed by atoms with E-state index in [-0.39, 0.29) is 17.9 Å². The molecule has 1 atom stereocenters. The molecule has 0 bridgehead atoms. The van der Waals surface area contributed by atoms with Crippen molar-refractivity contribution in [1.29, 1.82) is 0 Å². The number of benzene rings is 2. The number of imidazole rings is 1. The third kappa shape index (κ3) is 5.43. The van der Waals surface area contributed by atoms with E-state index in [0.717, 1.165) is 29.4 Å². The summed E-state index contributed by atoms with van der Waals surface area (Å²) in [6.45, 7) is 1.83. The Balaban J connectivity index is 1.51. The number of aliphatic hydroxyl groups is 1. The minimum atomic E-state index is -0.656. The summed E-state index contributed by atoms with van der Waals surface area (Å²) in [6, 6.07) is 11.9. The number of aromatic nitrogens is 2. The number of aromatic amines is 1. The maximum Gasteiger partial charge on any atom is 0.315 e. The highest BCUT2D eigenvalue weighted by Gasteiger charge is 2.30. The Morgan fingerprint density at radius 2 is 2.06 bits per heavy atom. The molecule has 4 N–H and O–H groups in total. The zero-order valence-electron chi connectivity index (χ0n) is 17.3. The van der Waals surface area contributed by atoms with Crippen molar-refractivity contribution < 1.29 is 14.3 Å². The van der Waals surface area contributed by atoms with Crippen LogP contribution in [0.1, 0.15) is 50.0 Å². The number of H-pyrrole nitrogens is 1. The van der Waals surface area contributed by atoms with Gasteiger partial charge in [-0.25, -0.2) is 14.2 Å². The molecule has 2 amide bonds. The minimum absolute atomic E-state index is 0.0154. The second-order valence-electron chi connectivity index (χ2n) is 8.53. The van der Waals surface area contributed by atoms with Crippen molar-refractivity contribution >= 4 is 33.0 Å². The fourth-order valence-corrected chi connectivity index (χ4v) is 4.27. The molecule has 4 rings (SSSR count). The van der Waals surface area contributed by atoms with Crippen LogP contribution in [0.15, 0.2) is 46.9 Å². The Bertz CT molecular complexity index is 1040. The molecule has 8 heteroatoms. The highest BCUT2D eigenvalue weighted by atomic mass is 79.9. The number of nitrogens with zero attached hydrogens (tertiary/aromatic N) is 1. The van der Waals surface area contributed by atoms with Gasteiger partial charge >= 0.3 is 6.03 Å². The Labute approximate surface area is 188 Å². The Hall–Kier alpha value is -2.45. The molecular weight excluding hydrogens is 463 g/mol. The van der Waals surface area contributed by atoms with Crippen molar-refractivity contribution in [2.24, 2.45) is 0 Å². The lowest BCUT2D eigenvalue weighted by Crippen LogP contribution is -2.47. The maximum absolute atomic E-state index is 14.0. The van der Waals surface area contributed by atoms with Gasteiger partial charge in [0, 0.05) is 12.5 Å². The van der Waals surface area contributed by atoms with Crippen LogP contribution in [0.5, 0.6) is 0 Å². The molecule has 0 aliphatic heterocycles. The Morgan fingerprint density at radius 1 is 1.32 bits per heavy atom. The third-order valence-electron chi connectivity index (χ3n) is 5.86. The third-order valence-corrected chi connectivity index (χ3v) is 6.51. The van der Waals surface area contributed by atoms with Gasteiger partial charge in [0.25, 0.3) is 0 Å². The maximum atomic E-state index is 14.0. The summed E-state index contributed by atoms with van der Waals surface area (Å²) in [5.41, 5.74) is 1.78. The molecule has 1 aliphatic carbocycles. The average Bonchev–Trinajstić information content (AvgIpc) is 3.16. The van der Waals surface area contributed by atoms with Gasteiger partial charge in [0.15, 0.2) is 0 Å². The summed E-state index contributed by atoms with van der Waals surface area (Å²) < 4.78 is 14.4. The second-order valence-corrected chi connectivity index (χ2v) is 9.39. The van der Waals surface area contributed by atoms with Gasteiger partial charge in [0.1, 0.15) is 11.6 Å². The van der Waals surface area contributed by atoms with E-state index in [1.54, 1.807) is 6.07 Å². The van der Waals surface area contributed by atoms with Gasteiger partial charge in [-0.2, -0.15) is 0 Å². The van der Waals surface area contributed by atoms with Crippen LogP contribution in [0.25, 0.3) is 11.0 Å². The summed E-state index contributed by atoms with van der Waals surface area (Å²) in [5, 5.41) is 16.1.